The first-order valence-corrected chi connectivity index (χ1v) is 10.7. The molecule has 0 spiro atoms. The molecule has 10 heteroatoms. The van der Waals surface area contributed by atoms with Crippen molar-refractivity contribution in [2.75, 3.05) is 18.0 Å². The lowest BCUT2D eigenvalue weighted by molar-refractivity contribution is -0.138. The molecular formula is C21H21ClF3N5O. The van der Waals surface area contributed by atoms with Crippen LogP contribution in [0.2, 0.25) is 5.15 Å². The van der Waals surface area contributed by atoms with E-state index in [1.165, 1.54) is 5.56 Å². The number of hydrogen-bond acceptors (Lipinski definition) is 5. The molecule has 5 rings (SSSR count). The van der Waals surface area contributed by atoms with Crippen LogP contribution in [0.5, 0.6) is 0 Å². The Morgan fingerprint density at radius 2 is 1.97 bits per heavy atom. The maximum Gasteiger partial charge on any atom is 0.419 e. The summed E-state index contributed by atoms with van der Waals surface area (Å²) in [6, 6.07) is 0.0733. The van der Waals surface area contributed by atoms with Crippen molar-refractivity contribution in [2.45, 2.75) is 51.4 Å². The minimum atomic E-state index is -4.45. The normalized spacial score (nSPS) is 20.6. The highest BCUT2D eigenvalue weighted by atomic mass is 35.5. The maximum atomic E-state index is 13.1. The standard InChI is InChI=1S/C21H21ClF3N5O/c1-11-14-10-30(16-4-2-3-15(18(14)16)28-19(11)22)17(31)5-12-8-29(9-12)20-26-6-13(7-27-20)21(23,24)25/h6-7,12,16H,2-5,8-10H2,1H3/t16-/m1/s1. The maximum absolute atomic E-state index is 13.1. The zero-order valence-electron chi connectivity index (χ0n) is 16.9. The highest BCUT2D eigenvalue weighted by Crippen LogP contribution is 2.45. The minimum absolute atomic E-state index is 0.0733. The summed E-state index contributed by atoms with van der Waals surface area (Å²) in [5.74, 6) is 0.495. The topological polar surface area (TPSA) is 62.2 Å². The van der Waals surface area contributed by atoms with Crippen LogP contribution in [-0.2, 0) is 23.9 Å². The second-order valence-corrected chi connectivity index (χ2v) is 8.90. The highest BCUT2D eigenvalue weighted by Gasteiger charge is 2.41. The van der Waals surface area contributed by atoms with E-state index in [0.29, 0.717) is 31.2 Å². The van der Waals surface area contributed by atoms with Crippen molar-refractivity contribution in [2.24, 2.45) is 5.92 Å². The summed E-state index contributed by atoms with van der Waals surface area (Å²) < 4.78 is 38.0. The molecule has 1 aliphatic carbocycles. The van der Waals surface area contributed by atoms with Crippen molar-refractivity contribution in [3.8, 4) is 0 Å². The van der Waals surface area contributed by atoms with Crippen molar-refractivity contribution in [3.63, 3.8) is 0 Å². The lowest BCUT2D eigenvalue weighted by Gasteiger charge is -2.40. The van der Waals surface area contributed by atoms with Crippen LogP contribution in [0, 0.1) is 12.8 Å². The molecule has 0 bridgehead atoms. The third-order valence-corrected chi connectivity index (χ3v) is 6.92. The number of rotatable bonds is 3. The van der Waals surface area contributed by atoms with Crippen LogP contribution in [0.3, 0.4) is 0 Å². The molecule has 6 nitrogen and oxygen atoms in total. The largest absolute Gasteiger partial charge is 0.419 e. The number of pyridine rings is 1. The molecule has 0 unspecified atom stereocenters. The van der Waals surface area contributed by atoms with Crippen LogP contribution < -0.4 is 4.90 Å². The van der Waals surface area contributed by atoms with E-state index in [9.17, 15) is 18.0 Å². The fourth-order valence-electron chi connectivity index (χ4n) is 4.87. The number of carbonyl (C=O) groups is 1. The Labute approximate surface area is 182 Å². The Balaban J connectivity index is 1.22. The third kappa shape index (κ3) is 3.52. The van der Waals surface area contributed by atoms with E-state index in [-0.39, 0.29) is 23.8 Å². The predicted molar refractivity (Wildman–Crippen MR) is 108 cm³/mol. The number of alkyl halides is 3. The monoisotopic (exact) mass is 451 g/mol. The van der Waals surface area contributed by atoms with Crippen molar-refractivity contribution < 1.29 is 18.0 Å². The van der Waals surface area contributed by atoms with Crippen molar-refractivity contribution in [1.29, 1.82) is 0 Å². The van der Waals surface area contributed by atoms with Gasteiger partial charge in [-0.3, -0.25) is 4.79 Å². The molecule has 0 radical (unpaired) electrons. The average Bonchev–Trinajstić information content (AvgIpc) is 3.09. The fraction of sp³-hybridized carbons (Fsp3) is 0.524. The first-order chi connectivity index (χ1) is 14.7. The quantitative estimate of drug-likeness (QED) is 0.657. The van der Waals surface area contributed by atoms with Crippen LogP contribution >= 0.6 is 11.6 Å². The van der Waals surface area contributed by atoms with E-state index in [1.807, 2.05) is 11.8 Å². The first kappa shape index (κ1) is 20.5. The van der Waals surface area contributed by atoms with Crippen LogP contribution in [0.1, 0.15) is 53.3 Å². The molecule has 2 aromatic rings. The van der Waals surface area contributed by atoms with Gasteiger partial charge in [0.05, 0.1) is 11.6 Å². The van der Waals surface area contributed by atoms with Crippen LogP contribution in [-0.4, -0.2) is 38.8 Å². The third-order valence-electron chi connectivity index (χ3n) is 6.55. The summed E-state index contributed by atoms with van der Waals surface area (Å²) in [6.45, 7) is 3.64. The molecule has 164 valence electrons. The van der Waals surface area contributed by atoms with Gasteiger partial charge in [0.25, 0.3) is 0 Å². The molecule has 0 aromatic carbocycles. The lowest BCUT2D eigenvalue weighted by Crippen LogP contribution is -2.49. The zero-order valence-corrected chi connectivity index (χ0v) is 17.7. The second kappa shape index (κ2) is 7.32. The summed E-state index contributed by atoms with van der Waals surface area (Å²) >= 11 is 6.31. The van der Waals surface area contributed by atoms with Gasteiger partial charge >= 0.3 is 6.18 Å². The molecule has 2 aliphatic heterocycles. The van der Waals surface area contributed by atoms with Gasteiger partial charge in [0.15, 0.2) is 0 Å². The van der Waals surface area contributed by atoms with E-state index < -0.39 is 11.7 Å². The van der Waals surface area contributed by atoms with Gasteiger partial charge in [-0.15, -0.1) is 0 Å². The minimum Gasteiger partial charge on any atom is -0.340 e. The zero-order chi connectivity index (χ0) is 21.9. The van der Waals surface area contributed by atoms with Gasteiger partial charge in [0.2, 0.25) is 11.9 Å². The molecule has 2 aromatic heterocycles. The van der Waals surface area contributed by atoms with Crippen LogP contribution in [0.25, 0.3) is 0 Å². The average molecular weight is 452 g/mol. The lowest BCUT2D eigenvalue weighted by atomic mass is 9.89. The van der Waals surface area contributed by atoms with E-state index in [4.69, 9.17) is 11.6 Å². The van der Waals surface area contributed by atoms with Gasteiger partial charge in [-0.25, -0.2) is 15.0 Å². The molecule has 1 saturated heterocycles. The Hall–Kier alpha value is -2.42. The molecule has 4 heterocycles. The van der Waals surface area contributed by atoms with Gasteiger partial charge in [-0.1, -0.05) is 11.6 Å². The second-order valence-electron chi connectivity index (χ2n) is 8.54. The van der Waals surface area contributed by atoms with E-state index in [1.54, 1.807) is 4.90 Å². The Morgan fingerprint density at radius 3 is 2.65 bits per heavy atom. The van der Waals surface area contributed by atoms with Gasteiger partial charge < -0.3 is 9.80 Å². The number of amides is 1. The first-order valence-electron chi connectivity index (χ1n) is 10.3. The smallest absolute Gasteiger partial charge is 0.340 e. The molecule has 31 heavy (non-hydrogen) atoms. The summed E-state index contributed by atoms with van der Waals surface area (Å²) in [5, 5.41) is 0.523. The number of anilines is 1. The molecule has 3 aliphatic rings. The number of aromatic nitrogens is 3. The number of hydrogen-bond donors (Lipinski definition) is 0. The van der Waals surface area contributed by atoms with E-state index >= 15 is 0 Å². The predicted octanol–water partition coefficient (Wildman–Crippen LogP) is 4.10. The summed E-state index contributed by atoms with van der Waals surface area (Å²) in [5.41, 5.74) is 3.44. The van der Waals surface area contributed by atoms with Gasteiger partial charge in [-0.2, -0.15) is 13.2 Å². The van der Waals surface area contributed by atoms with Gasteiger partial charge in [-0.05, 0) is 37.3 Å². The number of halogens is 4. The summed E-state index contributed by atoms with van der Waals surface area (Å²) in [7, 11) is 0. The van der Waals surface area contributed by atoms with E-state index in [2.05, 4.69) is 15.0 Å². The van der Waals surface area contributed by atoms with Gasteiger partial charge in [0.1, 0.15) is 5.15 Å². The van der Waals surface area contributed by atoms with E-state index in [0.717, 1.165) is 48.5 Å². The summed E-state index contributed by atoms with van der Waals surface area (Å²) in [4.78, 5) is 29.1. The fourth-order valence-corrected chi connectivity index (χ4v) is 5.09. The van der Waals surface area contributed by atoms with Crippen molar-refractivity contribution >= 4 is 23.5 Å². The molecule has 0 N–H and O–H groups in total. The Bertz CT molecular complexity index is 1040. The summed E-state index contributed by atoms with van der Waals surface area (Å²) in [6.07, 6.45) is 0.352. The Kier molecular flexibility index (Phi) is 4.84. The van der Waals surface area contributed by atoms with Crippen molar-refractivity contribution in [3.05, 3.63) is 45.5 Å². The number of aryl methyl sites for hydroxylation is 1. The molecule has 1 atom stereocenters. The highest BCUT2D eigenvalue weighted by molar-refractivity contribution is 6.30. The molecule has 1 amide bonds. The number of nitrogens with zero attached hydrogens (tertiary/aromatic N) is 5. The van der Waals surface area contributed by atoms with Crippen LogP contribution in [0.15, 0.2) is 12.4 Å². The number of carbonyl (C=O) groups excluding carboxylic acids is 1. The molecule has 0 saturated carbocycles. The van der Waals surface area contributed by atoms with Crippen LogP contribution in [0.4, 0.5) is 19.1 Å². The van der Waals surface area contributed by atoms with Crippen molar-refractivity contribution in [1.82, 2.24) is 19.9 Å². The molecule has 1 fully saturated rings. The Morgan fingerprint density at radius 1 is 1.26 bits per heavy atom. The SMILES string of the molecule is Cc1c(Cl)nc2c3c1CN(C(=O)CC1CN(c4ncc(C(F)(F)F)cn4)C1)[C@@H]3CCC2. The molecular weight excluding hydrogens is 431 g/mol. The van der Waals surface area contributed by atoms with Gasteiger partial charge in [0, 0.05) is 55.6 Å².